The zero-order valence-electron chi connectivity index (χ0n) is 9.08. The summed E-state index contributed by atoms with van der Waals surface area (Å²) in [4.78, 5) is 8.26. The van der Waals surface area contributed by atoms with Crippen LogP contribution in [-0.2, 0) is 0 Å². The molecule has 2 aromatic heterocycles. The van der Waals surface area contributed by atoms with Crippen LogP contribution in [0.15, 0.2) is 6.20 Å². The Morgan fingerprint density at radius 1 is 1.50 bits per heavy atom. The van der Waals surface area contributed by atoms with Crippen molar-refractivity contribution in [3.05, 3.63) is 11.5 Å². The summed E-state index contributed by atoms with van der Waals surface area (Å²) in [6, 6.07) is 0.455. The van der Waals surface area contributed by atoms with Crippen LogP contribution < -0.4 is 5.32 Å². The topological polar surface area (TPSA) is 66.5 Å². The maximum atomic E-state index is 5.85. The first-order valence-corrected chi connectivity index (χ1v) is 5.57. The standard InChI is InChI=1S/C10H12ClN5/c1-10(2)3-6(10)13-7-5-4-12-16-8(5)15-9(11)14-7/h4,6H,3H2,1-2H3,(H2,12,13,14,15,16). The molecule has 0 aliphatic heterocycles. The molecule has 0 radical (unpaired) electrons. The van der Waals surface area contributed by atoms with Gasteiger partial charge < -0.3 is 5.32 Å². The third-order valence-electron chi connectivity index (χ3n) is 3.11. The summed E-state index contributed by atoms with van der Waals surface area (Å²) < 4.78 is 0. The summed E-state index contributed by atoms with van der Waals surface area (Å²) in [6.45, 7) is 4.44. The fourth-order valence-corrected chi connectivity index (χ4v) is 1.97. The number of fused-ring (bicyclic) bond motifs is 1. The Morgan fingerprint density at radius 3 is 2.94 bits per heavy atom. The number of hydrogen-bond acceptors (Lipinski definition) is 4. The number of nitrogens with zero attached hydrogens (tertiary/aromatic N) is 3. The van der Waals surface area contributed by atoms with Crippen molar-refractivity contribution in [1.82, 2.24) is 20.2 Å². The monoisotopic (exact) mass is 237 g/mol. The van der Waals surface area contributed by atoms with Crippen LogP contribution >= 0.6 is 11.6 Å². The quantitative estimate of drug-likeness (QED) is 0.786. The fourth-order valence-electron chi connectivity index (χ4n) is 1.80. The molecule has 0 amide bonds. The van der Waals surface area contributed by atoms with E-state index in [9.17, 15) is 0 Å². The predicted molar refractivity (Wildman–Crippen MR) is 62.5 cm³/mol. The summed E-state index contributed by atoms with van der Waals surface area (Å²) in [6.07, 6.45) is 2.86. The van der Waals surface area contributed by atoms with Crippen molar-refractivity contribution < 1.29 is 0 Å². The molecule has 0 spiro atoms. The lowest BCUT2D eigenvalue weighted by Crippen LogP contribution is -2.10. The summed E-state index contributed by atoms with van der Waals surface area (Å²) in [5, 5.41) is 11.2. The molecule has 0 saturated heterocycles. The van der Waals surface area contributed by atoms with Crippen molar-refractivity contribution in [1.29, 1.82) is 0 Å². The second-order valence-corrected chi connectivity index (χ2v) is 5.20. The Balaban J connectivity index is 1.99. The van der Waals surface area contributed by atoms with Gasteiger partial charge in [-0.3, -0.25) is 5.10 Å². The Hall–Kier alpha value is -1.36. The van der Waals surface area contributed by atoms with Gasteiger partial charge in [0.1, 0.15) is 5.82 Å². The van der Waals surface area contributed by atoms with Crippen molar-refractivity contribution in [2.24, 2.45) is 5.41 Å². The first kappa shape index (κ1) is 9.84. The van der Waals surface area contributed by atoms with Gasteiger partial charge in [-0.15, -0.1) is 0 Å². The first-order chi connectivity index (χ1) is 7.56. The van der Waals surface area contributed by atoms with Crippen molar-refractivity contribution in [2.45, 2.75) is 26.3 Å². The van der Waals surface area contributed by atoms with Gasteiger partial charge in [0.05, 0.1) is 11.6 Å². The van der Waals surface area contributed by atoms with Crippen LogP contribution in [0.3, 0.4) is 0 Å². The van der Waals surface area contributed by atoms with E-state index in [1.165, 1.54) is 0 Å². The Kier molecular flexibility index (Phi) is 1.89. The largest absolute Gasteiger partial charge is 0.366 e. The highest BCUT2D eigenvalue weighted by Gasteiger charge is 2.46. The van der Waals surface area contributed by atoms with Crippen LogP contribution in [0.5, 0.6) is 0 Å². The van der Waals surface area contributed by atoms with Gasteiger partial charge in [0.25, 0.3) is 0 Å². The molecule has 6 heteroatoms. The van der Waals surface area contributed by atoms with E-state index in [0.29, 0.717) is 17.1 Å². The molecule has 16 heavy (non-hydrogen) atoms. The van der Waals surface area contributed by atoms with Crippen molar-refractivity contribution in [3.8, 4) is 0 Å². The maximum Gasteiger partial charge on any atom is 0.226 e. The van der Waals surface area contributed by atoms with Crippen LogP contribution in [-0.4, -0.2) is 26.2 Å². The molecule has 2 heterocycles. The molecule has 1 aliphatic rings. The van der Waals surface area contributed by atoms with Gasteiger partial charge in [-0.25, -0.2) is 0 Å². The number of aromatic nitrogens is 4. The van der Waals surface area contributed by atoms with Gasteiger partial charge in [0.15, 0.2) is 5.65 Å². The molecule has 84 valence electrons. The highest BCUT2D eigenvalue weighted by molar-refractivity contribution is 6.28. The summed E-state index contributed by atoms with van der Waals surface area (Å²) in [5.41, 5.74) is 1.01. The Morgan fingerprint density at radius 2 is 2.25 bits per heavy atom. The molecule has 1 atom stereocenters. The van der Waals surface area contributed by atoms with Crippen LogP contribution in [0, 0.1) is 5.41 Å². The fraction of sp³-hybridized carbons (Fsp3) is 0.500. The van der Waals surface area contributed by atoms with Gasteiger partial charge in [0.2, 0.25) is 5.28 Å². The van der Waals surface area contributed by atoms with Gasteiger partial charge in [-0.1, -0.05) is 13.8 Å². The molecule has 0 bridgehead atoms. The highest BCUT2D eigenvalue weighted by Crippen LogP contribution is 2.46. The van der Waals surface area contributed by atoms with Crippen LogP contribution in [0.2, 0.25) is 5.28 Å². The minimum atomic E-state index is 0.234. The molecule has 0 aromatic carbocycles. The SMILES string of the molecule is CC1(C)CC1Nc1nc(Cl)nc2[nH]ncc12. The van der Waals surface area contributed by atoms with Gasteiger partial charge in [0, 0.05) is 6.04 Å². The lowest BCUT2D eigenvalue weighted by molar-refractivity contribution is 0.630. The lowest BCUT2D eigenvalue weighted by Gasteiger charge is -2.07. The Bertz CT molecular complexity index is 547. The van der Waals surface area contributed by atoms with Gasteiger partial charge >= 0.3 is 0 Å². The molecule has 1 unspecified atom stereocenters. The zero-order chi connectivity index (χ0) is 11.3. The number of anilines is 1. The van der Waals surface area contributed by atoms with Crippen molar-refractivity contribution >= 4 is 28.5 Å². The van der Waals surface area contributed by atoms with Crippen LogP contribution in [0.25, 0.3) is 11.0 Å². The number of H-pyrrole nitrogens is 1. The molecule has 2 N–H and O–H groups in total. The number of nitrogens with one attached hydrogen (secondary N) is 2. The second kappa shape index (κ2) is 3.07. The molecule has 1 aliphatic carbocycles. The molecule has 1 fully saturated rings. The van der Waals surface area contributed by atoms with Gasteiger partial charge in [-0.2, -0.15) is 15.1 Å². The van der Waals surface area contributed by atoms with Crippen molar-refractivity contribution in [3.63, 3.8) is 0 Å². The van der Waals surface area contributed by atoms with E-state index in [-0.39, 0.29) is 5.28 Å². The third-order valence-corrected chi connectivity index (χ3v) is 3.28. The number of halogens is 1. The number of rotatable bonds is 2. The third kappa shape index (κ3) is 1.51. The maximum absolute atomic E-state index is 5.85. The number of hydrogen-bond donors (Lipinski definition) is 2. The van der Waals surface area contributed by atoms with E-state index in [0.717, 1.165) is 17.6 Å². The molecule has 5 nitrogen and oxygen atoms in total. The average molecular weight is 238 g/mol. The predicted octanol–water partition coefficient (Wildman–Crippen LogP) is 2.22. The molecule has 1 saturated carbocycles. The van der Waals surface area contributed by atoms with Gasteiger partial charge in [-0.05, 0) is 23.4 Å². The zero-order valence-corrected chi connectivity index (χ0v) is 9.84. The normalized spacial score (nSPS) is 22.3. The summed E-state index contributed by atoms with van der Waals surface area (Å²) in [5.74, 6) is 0.763. The second-order valence-electron chi connectivity index (χ2n) is 4.86. The minimum Gasteiger partial charge on any atom is -0.366 e. The van der Waals surface area contributed by atoms with Crippen LogP contribution in [0.1, 0.15) is 20.3 Å². The highest BCUT2D eigenvalue weighted by atomic mass is 35.5. The van der Waals surface area contributed by atoms with Crippen LogP contribution in [0.4, 0.5) is 5.82 Å². The first-order valence-electron chi connectivity index (χ1n) is 5.19. The minimum absolute atomic E-state index is 0.234. The van der Waals surface area contributed by atoms with E-state index in [1.807, 2.05) is 0 Å². The molecular formula is C10H12ClN5. The number of aromatic amines is 1. The summed E-state index contributed by atoms with van der Waals surface area (Å²) >= 11 is 5.85. The lowest BCUT2D eigenvalue weighted by atomic mass is 10.2. The molecule has 2 aromatic rings. The smallest absolute Gasteiger partial charge is 0.226 e. The summed E-state index contributed by atoms with van der Waals surface area (Å²) in [7, 11) is 0. The van der Waals surface area contributed by atoms with Crippen molar-refractivity contribution in [2.75, 3.05) is 5.32 Å². The van der Waals surface area contributed by atoms with E-state index < -0.39 is 0 Å². The van der Waals surface area contributed by atoms with E-state index in [4.69, 9.17) is 11.6 Å². The Labute approximate surface area is 97.6 Å². The van der Waals surface area contributed by atoms with E-state index >= 15 is 0 Å². The average Bonchev–Trinajstić information content (AvgIpc) is 2.63. The van der Waals surface area contributed by atoms with E-state index in [1.54, 1.807) is 6.20 Å². The molecular weight excluding hydrogens is 226 g/mol. The molecule has 3 rings (SSSR count). The van der Waals surface area contributed by atoms with E-state index in [2.05, 4.69) is 39.3 Å².